The predicted octanol–water partition coefficient (Wildman–Crippen LogP) is 0.316. The maximum Gasteiger partial charge on any atom is 0.226 e. The first-order valence-electron chi connectivity index (χ1n) is 6.85. The van der Waals surface area contributed by atoms with Crippen LogP contribution in [-0.2, 0) is 7.05 Å². The quantitative estimate of drug-likeness (QED) is 0.829. The standard InChI is InChI=1S/C13H18FN7/c1-8-11(20(2)19-12(8)15)10-9(14)7-17-13(18-10)21-5-3-16-4-6-21/h7,16H,3-6H2,1-2H3,(H2,15,19). The second kappa shape index (κ2) is 5.28. The van der Waals surface area contributed by atoms with Crippen LogP contribution in [0.3, 0.4) is 0 Å². The lowest BCUT2D eigenvalue weighted by molar-refractivity contribution is 0.573. The highest BCUT2D eigenvalue weighted by molar-refractivity contribution is 5.66. The molecule has 1 aliphatic heterocycles. The normalized spacial score (nSPS) is 15.5. The summed E-state index contributed by atoms with van der Waals surface area (Å²) in [5, 5.41) is 7.38. The highest BCUT2D eigenvalue weighted by atomic mass is 19.1. The minimum absolute atomic E-state index is 0.239. The fraction of sp³-hybridized carbons (Fsp3) is 0.462. The number of nitrogens with zero attached hydrogens (tertiary/aromatic N) is 5. The Hall–Kier alpha value is -2.22. The molecule has 0 aliphatic carbocycles. The van der Waals surface area contributed by atoms with Gasteiger partial charge in [0.25, 0.3) is 0 Å². The number of aryl methyl sites for hydroxylation is 1. The number of hydrogen-bond donors (Lipinski definition) is 2. The van der Waals surface area contributed by atoms with Crippen molar-refractivity contribution in [2.75, 3.05) is 36.8 Å². The molecule has 3 rings (SSSR count). The van der Waals surface area contributed by atoms with Gasteiger partial charge in [-0.25, -0.2) is 14.4 Å². The second-order valence-electron chi connectivity index (χ2n) is 5.09. The summed E-state index contributed by atoms with van der Waals surface area (Å²) in [4.78, 5) is 10.5. The van der Waals surface area contributed by atoms with Crippen molar-refractivity contribution in [3.8, 4) is 11.4 Å². The Balaban J connectivity index is 2.05. The van der Waals surface area contributed by atoms with Crippen LogP contribution in [0.2, 0.25) is 0 Å². The smallest absolute Gasteiger partial charge is 0.226 e. The Morgan fingerprint density at radius 3 is 2.67 bits per heavy atom. The molecule has 0 aromatic carbocycles. The number of nitrogens with two attached hydrogens (primary N) is 1. The van der Waals surface area contributed by atoms with E-state index in [1.807, 2.05) is 11.8 Å². The van der Waals surface area contributed by atoms with Gasteiger partial charge in [-0.2, -0.15) is 5.10 Å². The molecule has 0 spiro atoms. The van der Waals surface area contributed by atoms with Gasteiger partial charge in [0.2, 0.25) is 5.95 Å². The Kier molecular flexibility index (Phi) is 3.46. The van der Waals surface area contributed by atoms with Gasteiger partial charge in [-0.1, -0.05) is 0 Å². The number of piperazine rings is 1. The largest absolute Gasteiger partial charge is 0.382 e. The monoisotopic (exact) mass is 291 g/mol. The van der Waals surface area contributed by atoms with E-state index < -0.39 is 5.82 Å². The minimum atomic E-state index is -0.472. The highest BCUT2D eigenvalue weighted by Crippen LogP contribution is 2.28. The van der Waals surface area contributed by atoms with E-state index in [0.717, 1.165) is 31.7 Å². The zero-order valence-electron chi connectivity index (χ0n) is 12.1. The second-order valence-corrected chi connectivity index (χ2v) is 5.09. The van der Waals surface area contributed by atoms with Crippen molar-refractivity contribution in [3.05, 3.63) is 17.6 Å². The third-order valence-corrected chi connectivity index (χ3v) is 3.68. The van der Waals surface area contributed by atoms with E-state index >= 15 is 0 Å². The molecule has 2 aromatic heterocycles. The van der Waals surface area contributed by atoms with Crippen LogP contribution >= 0.6 is 0 Å². The molecule has 1 aliphatic rings. The molecule has 0 amide bonds. The molecule has 21 heavy (non-hydrogen) atoms. The maximum atomic E-state index is 14.2. The molecule has 0 atom stereocenters. The number of halogens is 1. The van der Waals surface area contributed by atoms with Crippen LogP contribution in [0.5, 0.6) is 0 Å². The number of hydrogen-bond acceptors (Lipinski definition) is 6. The number of anilines is 2. The number of aromatic nitrogens is 4. The Morgan fingerprint density at radius 2 is 2.05 bits per heavy atom. The zero-order chi connectivity index (χ0) is 15.0. The van der Waals surface area contributed by atoms with E-state index in [-0.39, 0.29) is 5.69 Å². The molecule has 0 bridgehead atoms. The van der Waals surface area contributed by atoms with E-state index in [9.17, 15) is 4.39 Å². The van der Waals surface area contributed by atoms with Crippen molar-refractivity contribution in [1.82, 2.24) is 25.1 Å². The highest BCUT2D eigenvalue weighted by Gasteiger charge is 2.21. The summed E-state index contributed by atoms with van der Waals surface area (Å²) in [6, 6.07) is 0. The SMILES string of the molecule is Cc1c(N)nn(C)c1-c1nc(N2CCNCC2)ncc1F. The van der Waals surface area contributed by atoms with Crippen molar-refractivity contribution in [1.29, 1.82) is 0 Å². The summed E-state index contributed by atoms with van der Waals surface area (Å²) in [5.41, 5.74) is 7.34. The summed E-state index contributed by atoms with van der Waals surface area (Å²) in [7, 11) is 1.73. The topological polar surface area (TPSA) is 84.9 Å². The van der Waals surface area contributed by atoms with Crippen LogP contribution < -0.4 is 16.0 Å². The third-order valence-electron chi connectivity index (χ3n) is 3.68. The van der Waals surface area contributed by atoms with Gasteiger partial charge in [0.15, 0.2) is 5.82 Å². The number of nitrogens with one attached hydrogen (secondary N) is 1. The molecule has 3 N–H and O–H groups in total. The van der Waals surface area contributed by atoms with Crippen LogP contribution in [0.15, 0.2) is 6.20 Å². The summed E-state index contributed by atoms with van der Waals surface area (Å²) >= 11 is 0. The zero-order valence-corrected chi connectivity index (χ0v) is 12.1. The Bertz CT molecular complexity index is 661. The average molecular weight is 291 g/mol. The van der Waals surface area contributed by atoms with Crippen LogP contribution in [0.25, 0.3) is 11.4 Å². The van der Waals surface area contributed by atoms with Gasteiger partial charge in [-0.3, -0.25) is 4.68 Å². The van der Waals surface area contributed by atoms with Crippen LogP contribution in [-0.4, -0.2) is 45.9 Å². The van der Waals surface area contributed by atoms with Crippen molar-refractivity contribution in [2.24, 2.45) is 7.05 Å². The van der Waals surface area contributed by atoms with Crippen molar-refractivity contribution in [3.63, 3.8) is 0 Å². The first-order valence-corrected chi connectivity index (χ1v) is 6.85. The summed E-state index contributed by atoms with van der Waals surface area (Å²) in [6.07, 6.45) is 1.21. The molecule has 112 valence electrons. The predicted molar refractivity (Wildman–Crippen MR) is 78.4 cm³/mol. The molecule has 0 unspecified atom stereocenters. The number of nitrogen functional groups attached to an aromatic ring is 1. The molecular weight excluding hydrogens is 273 g/mol. The third kappa shape index (κ3) is 2.42. The van der Waals surface area contributed by atoms with Crippen LogP contribution in [0.4, 0.5) is 16.2 Å². The van der Waals surface area contributed by atoms with E-state index in [1.54, 1.807) is 11.7 Å². The minimum Gasteiger partial charge on any atom is -0.382 e. The van der Waals surface area contributed by atoms with E-state index in [4.69, 9.17) is 5.73 Å². The molecular formula is C13H18FN7. The maximum absolute atomic E-state index is 14.2. The van der Waals surface area contributed by atoms with Crippen LogP contribution in [0.1, 0.15) is 5.56 Å². The molecule has 0 saturated carbocycles. The Labute approximate surface area is 122 Å². The lowest BCUT2D eigenvalue weighted by Crippen LogP contribution is -2.44. The van der Waals surface area contributed by atoms with Gasteiger partial charge in [0.1, 0.15) is 11.5 Å². The van der Waals surface area contributed by atoms with Gasteiger partial charge < -0.3 is 16.0 Å². The average Bonchev–Trinajstić information content (AvgIpc) is 2.74. The van der Waals surface area contributed by atoms with Gasteiger partial charge in [-0.15, -0.1) is 0 Å². The van der Waals surface area contributed by atoms with Gasteiger partial charge in [0, 0.05) is 38.8 Å². The molecule has 3 heterocycles. The fourth-order valence-corrected chi connectivity index (χ4v) is 2.52. The first-order chi connectivity index (χ1) is 10.1. The fourth-order valence-electron chi connectivity index (χ4n) is 2.52. The summed E-state index contributed by atoms with van der Waals surface area (Å²) < 4.78 is 15.7. The molecule has 1 fully saturated rings. The van der Waals surface area contributed by atoms with Crippen molar-refractivity contribution in [2.45, 2.75) is 6.92 Å². The van der Waals surface area contributed by atoms with Crippen molar-refractivity contribution >= 4 is 11.8 Å². The van der Waals surface area contributed by atoms with Gasteiger partial charge in [-0.05, 0) is 6.92 Å². The van der Waals surface area contributed by atoms with Gasteiger partial charge in [0.05, 0.1) is 11.9 Å². The number of rotatable bonds is 2. The molecule has 0 radical (unpaired) electrons. The van der Waals surface area contributed by atoms with Crippen LogP contribution in [0, 0.1) is 12.7 Å². The molecule has 7 nitrogen and oxygen atoms in total. The van der Waals surface area contributed by atoms with Crippen molar-refractivity contribution < 1.29 is 4.39 Å². The Morgan fingerprint density at radius 1 is 1.33 bits per heavy atom. The van der Waals surface area contributed by atoms with Gasteiger partial charge >= 0.3 is 0 Å². The molecule has 2 aromatic rings. The molecule has 8 heteroatoms. The lowest BCUT2D eigenvalue weighted by Gasteiger charge is -2.27. The van der Waals surface area contributed by atoms with E-state index in [2.05, 4.69) is 20.4 Å². The van der Waals surface area contributed by atoms with E-state index in [1.165, 1.54) is 6.20 Å². The summed E-state index contributed by atoms with van der Waals surface area (Å²) in [5.74, 6) is 0.446. The first kappa shape index (κ1) is 13.7. The molecule has 1 saturated heterocycles. The summed E-state index contributed by atoms with van der Waals surface area (Å²) in [6.45, 7) is 5.15. The van der Waals surface area contributed by atoms with E-state index in [0.29, 0.717) is 17.5 Å². The lowest BCUT2D eigenvalue weighted by atomic mass is 10.2.